The predicted molar refractivity (Wildman–Crippen MR) is 104 cm³/mol. The highest BCUT2D eigenvalue weighted by molar-refractivity contribution is 5.98. The largest absolute Gasteiger partial charge is 0.434 e. The van der Waals surface area contributed by atoms with Crippen LogP contribution in [0.25, 0.3) is 0 Å². The molecule has 11 heteroatoms. The molecule has 0 saturated carbocycles. The number of benzene rings is 2. The summed E-state index contributed by atoms with van der Waals surface area (Å²) >= 11 is 0. The van der Waals surface area contributed by atoms with Crippen molar-refractivity contribution in [2.75, 3.05) is 32.7 Å². The number of ether oxygens (including phenoxy) is 1. The van der Waals surface area contributed by atoms with Crippen molar-refractivity contribution < 1.29 is 36.7 Å². The maximum atomic E-state index is 13.7. The lowest BCUT2D eigenvalue weighted by molar-refractivity contribution is -0.131. The van der Waals surface area contributed by atoms with Crippen LogP contribution in [-0.4, -0.2) is 66.9 Å². The number of alkyl halides is 2. The predicted octanol–water partition coefficient (Wildman–Crippen LogP) is 2.28. The van der Waals surface area contributed by atoms with Gasteiger partial charge in [0.15, 0.2) is 0 Å². The van der Waals surface area contributed by atoms with Crippen LogP contribution in [0, 0.1) is 11.6 Å². The molecule has 3 rings (SSSR count). The third-order valence-corrected chi connectivity index (χ3v) is 4.83. The standard InChI is InChI=1S/C21H19F4N3O4/c22-13-5-6-14(16(23)11-13)19(30)26-12-18(29)27-7-9-28(10-8-27)20(31)15-3-1-2-4-17(15)32-21(24)25/h1-6,11,21H,7-10,12H2,(H,26,30). The van der Waals surface area contributed by atoms with Crippen LogP contribution in [0.15, 0.2) is 42.5 Å². The normalized spacial score (nSPS) is 13.8. The van der Waals surface area contributed by atoms with Crippen molar-refractivity contribution >= 4 is 17.7 Å². The Bertz CT molecular complexity index is 1010. The third-order valence-electron chi connectivity index (χ3n) is 4.83. The van der Waals surface area contributed by atoms with Crippen molar-refractivity contribution in [2.45, 2.75) is 6.61 Å². The average Bonchev–Trinajstić information content (AvgIpc) is 2.77. The summed E-state index contributed by atoms with van der Waals surface area (Å²) in [5.41, 5.74) is -0.402. The zero-order chi connectivity index (χ0) is 23.3. The van der Waals surface area contributed by atoms with Gasteiger partial charge in [-0.1, -0.05) is 12.1 Å². The zero-order valence-corrected chi connectivity index (χ0v) is 16.7. The molecule has 1 heterocycles. The molecular formula is C21H19F4N3O4. The number of halogens is 4. The summed E-state index contributed by atoms with van der Waals surface area (Å²) in [7, 11) is 0. The molecule has 3 amide bonds. The minimum Gasteiger partial charge on any atom is -0.434 e. The first-order chi connectivity index (χ1) is 15.3. The van der Waals surface area contributed by atoms with E-state index in [0.29, 0.717) is 6.07 Å². The second kappa shape index (κ2) is 10.1. The van der Waals surface area contributed by atoms with Gasteiger partial charge in [-0.2, -0.15) is 8.78 Å². The molecule has 0 aromatic heterocycles. The fourth-order valence-electron chi connectivity index (χ4n) is 3.21. The monoisotopic (exact) mass is 453 g/mol. The zero-order valence-electron chi connectivity index (χ0n) is 16.7. The SMILES string of the molecule is O=C(NCC(=O)N1CCN(C(=O)c2ccccc2OC(F)F)CC1)c1ccc(F)cc1F. The van der Waals surface area contributed by atoms with Crippen molar-refractivity contribution in [1.82, 2.24) is 15.1 Å². The molecule has 1 N–H and O–H groups in total. The Morgan fingerprint density at radius 1 is 0.938 bits per heavy atom. The van der Waals surface area contributed by atoms with E-state index in [-0.39, 0.29) is 43.1 Å². The molecule has 0 radical (unpaired) electrons. The number of rotatable bonds is 6. The molecule has 170 valence electrons. The summed E-state index contributed by atoms with van der Waals surface area (Å²) < 4.78 is 56.1. The minimum atomic E-state index is -3.07. The van der Waals surface area contributed by atoms with Crippen LogP contribution in [0.2, 0.25) is 0 Å². The summed E-state index contributed by atoms with van der Waals surface area (Å²) in [4.78, 5) is 39.9. The Labute approximate surface area is 180 Å². The summed E-state index contributed by atoms with van der Waals surface area (Å²) in [6, 6.07) is 8.12. The highest BCUT2D eigenvalue weighted by Crippen LogP contribution is 2.22. The summed E-state index contributed by atoms with van der Waals surface area (Å²) in [5.74, 6) is -3.92. The number of para-hydroxylation sites is 1. The molecule has 7 nitrogen and oxygen atoms in total. The maximum Gasteiger partial charge on any atom is 0.387 e. The topological polar surface area (TPSA) is 79.0 Å². The number of nitrogens with zero attached hydrogens (tertiary/aromatic N) is 2. The fraction of sp³-hybridized carbons (Fsp3) is 0.286. The van der Waals surface area contributed by atoms with Crippen LogP contribution in [-0.2, 0) is 4.79 Å². The van der Waals surface area contributed by atoms with Crippen LogP contribution in [0.3, 0.4) is 0 Å². The van der Waals surface area contributed by atoms with Crippen molar-refractivity contribution in [1.29, 1.82) is 0 Å². The summed E-state index contributed by atoms with van der Waals surface area (Å²) in [5, 5.41) is 2.28. The molecule has 1 saturated heterocycles. The van der Waals surface area contributed by atoms with Gasteiger partial charge in [0.1, 0.15) is 17.4 Å². The highest BCUT2D eigenvalue weighted by Gasteiger charge is 2.27. The van der Waals surface area contributed by atoms with Crippen LogP contribution < -0.4 is 10.1 Å². The van der Waals surface area contributed by atoms with Crippen LogP contribution in [0.1, 0.15) is 20.7 Å². The molecule has 1 aliphatic rings. The number of nitrogens with one attached hydrogen (secondary N) is 1. The van der Waals surface area contributed by atoms with E-state index in [1.807, 2.05) is 0 Å². The molecule has 2 aromatic rings. The van der Waals surface area contributed by atoms with E-state index in [9.17, 15) is 31.9 Å². The molecule has 0 spiro atoms. The number of piperazine rings is 1. The van der Waals surface area contributed by atoms with Gasteiger partial charge in [0, 0.05) is 32.2 Å². The van der Waals surface area contributed by atoms with Crippen molar-refractivity contribution in [3.05, 3.63) is 65.2 Å². The van der Waals surface area contributed by atoms with Gasteiger partial charge in [0.05, 0.1) is 17.7 Å². The van der Waals surface area contributed by atoms with Gasteiger partial charge in [0.2, 0.25) is 5.91 Å². The quantitative estimate of drug-likeness (QED) is 0.681. The van der Waals surface area contributed by atoms with Crippen molar-refractivity contribution in [2.24, 2.45) is 0 Å². The van der Waals surface area contributed by atoms with Crippen LogP contribution in [0.4, 0.5) is 17.6 Å². The Morgan fingerprint density at radius 2 is 1.59 bits per heavy atom. The third kappa shape index (κ3) is 5.54. The van der Waals surface area contributed by atoms with Gasteiger partial charge >= 0.3 is 6.61 Å². The van der Waals surface area contributed by atoms with Gasteiger partial charge in [0.25, 0.3) is 11.8 Å². The molecule has 0 bridgehead atoms. The summed E-state index contributed by atoms with van der Waals surface area (Å²) in [6.45, 7) is -2.87. The molecule has 0 atom stereocenters. The Morgan fingerprint density at radius 3 is 2.25 bits per heavy atom. The van der Waals surface area contributed by atoms with E-state index in [0.717, 1.165) is 12.1 Å². The van der Waals surface area contributed by atoms with E-state index in [1.54, 1.807) is 0 Å². The molecule has 32 heavy (non-hydrogen) atoms. The molecule has 1 aliphatic heterocycles. The number of carbonyl (C=O) groups excluding carboxylic acids is 3. The fourth-order valence-corrected chi connectivity index (χ4v) is 3.21. The molecule has 0 unspecified atom stereocenters. The van der Waals surface area contributed by atoms with Gasteiger partial charge in [-0.05, 0) is 24.3 Å². The van der Waals surface area contributed by atoms with Crippen LogP contribution >= 0.6 is 0 Å². The molecule has 1 fully saturated rings. The first-order valence-corrected chi connectivity index (χ1v) is 9.60. The average molecular weight is 453 g/mol. The lowest BCUT2D eigenvalue weighted by atomic mass is 10.1. The maximum absolute atomic E-state index is 13.7. The van der Waals surface area contributed by atoms with Gasteiger partial charge in [-0.3, -0.25) is 14.4 Å². The number of amides is 3. The lowest BCUT2D eigenvalue weighted by Gasteiger charge is -2.35. The number of hydrogen-bond acceptors (Lipinski definition) is 4. The molecule has 2 aromatic carbocycles. The number of hydrogen-bond donors (Lipinski definition) is 1. The smallest absolute Gasteiger partial charge is 0.387 e. The van der Waals surface area contributed by atoms with Crippen molar-refractivity contribution in [3.63, 3.8) is 0 Å². The van der Waals surface area contributed by atoms with E-state index < -0.39 is 42.5 Å². The van der Waals surface area contributed by atoms with E-state index in [4.69, 9.17) is 0 Å². The second-order valence-electron chi connectivity index (χ2n) is 6.85. The van der Waals surface area contributed by atoms with Gasteiger partial charge < -0.3 is 19.9 Å². The Hall–Kier alpha value is -3.63. The Balaban J connectivity index is 1.52. The molecular weight excluding hydrogens is 434 g/mol. The van der Waals surface area contributed by atoms with E-state index >= 15 is 0 Å². The Kier molecular flexibility index (Phi) is 7.29. The highest BCUT2D eigenvalue weighted by atomic mass is 19.3. The van der Waals surface area contributed by atoms with Crippen LogP contribution in [0.5, 0.6) is 5.75 Å². The lowest BCUT2D eigenvalue weighted by Crippen LogP contribution is -2.52. The van der Waals surface area contributed by atoms with E-state index in [1.165, 1.54) is 34.1 Å². The van der Waals surface area contributed by atoms with E-state index in [2.05, 4.69) is 10.1 Å². The first-order valence-electron chi connectivity index (χ1n) is 9.60. The molecule has 0 aliphatic carbocycles. The number of carbonyl (C=O) groups is 3. The van der Waals surface area contributed by atoms with Gasteiger partial charge in [-0.25, -0.2) is 8.78 Å². The minimum absolute atomic E-state index is 0.0128. The second-order valence-corrected chi connectivity index (χ2v) is 6.85. The summed E-state index contributed by atoms with van der Waals surface area (Å²) in [6.07, 6.45) is 0. The van der Waals surface area contributed by atoms with Gasteiger partial charge in [-0.15, -0.1) is 0 Å². The first kappa shape index (κ1) is 23.0. The van der Waals surface area contributed by atoms with Crippen molar-refractivity contribution in [3.8, 4) is 5.75 Å².